The number of hydrazine groups is 1. The van der Waals surface area contributed by atoms with E-state index in [1.54, 1.807) is 0 Å². The summed E-state index contributed by atoms with van der Waals surface area (Å²) in [6, 6.07) is 3.93. The molecule has 1 heterocycles. The van der Waals surface area contributed by atoms with Crippen molar-refractivity contribution >= 4 is 5.91 Å². The van der Waals surface area contributed by atoms with Gasteiger partial charge in [0.1, 0.15) is 5.75 Å². The van der Waals surface area contributed by atoms with Gasteiger partial charge in [-0.1, -0.05) is 6.92 Å². The molecule has 5 nitrogen and oxygen atoms in total. The first-order valence-corrected chi connectivity index (χ1v) is 6.76. The smallest absolute Gasteiger partial charge is 0.233 e. The molecule has 0 radical (unpaired) electrons. The van der Waals surface area contributed by atoms with Gasteiger partial charge < -0.3 is 4.74 Å². The summed E-state index contributed by atoms with van der Waals surface area (Å²) >= 11 is 0. The molecule has 1 aromatic rings. The lowest BCUT2D eigenvalue weighted by Crippen LogP contribution is -2.29. The van der Waals surface area contributed by atoms with Crippen LogP contribution < -0.4 is 16.0 Å². The molecule has 0 spiro atoms. The zero-order valence-corrected chi connectivity index (χ0v) is 11.7. The van der Waals surface area contributed by atoms with Gasteiger partial charge in [0.2, 0.25) is 5.91 Å². The minimum Gasteiger partial charge on any atom is -0.492 e. The first-order chi connectivity index (χ1) is 9.17. The lowest BCUT2D eigenvalue weighted by molar-refractivity contribution is -0.121. The SMILES string of the molecule is CCc1nc(C)ccc1OCCCCCC(=O)NN. The average Bonchev–Trinajstić information content (AvgIpc) is 2.43. The number of pyridine rings is 1. The fourth-order valence-corrected chi connectivity index (χ4v) is 1.80. The third-order valence-corrected chi connectivity index (χ3v) is 2.87. The Bertz CT molecular complexity index is 408. The van der Waals surface area contributed by atoms with Crippen LogP contribution in [0.25, 0.3) is 0 Å². The van der Waals surface area contributed by atoms with Crippen LogP contribution in [0.3, 0.4) is 0 Å². The van der Waals surface area contributed by atoms with Crippen molar-refractivity contribution in [1.29, 1.82) is 0 Å². The van der Waals surface area contributed by atoms with Crippen LogP contribution in [0.15, 0.2) is 12.1 Å². The zero-order valence-electron chi connectivity index (χ0n) is 11.7. The minimum atomic E-state index is -0.114. The number of nitrogens with zero attached hydrogens (tertiary/aromatic N) is 1. The molecule has 106 valence electrons. The molecule has 0 saturated heterocycles. The van der Waals surface area contributed by atoms with Gasteiger partial charge in [-0.3, -0.25) is 15.2 Å². The molecule has 3 N–H and O–H groups in total. The van der Waals surface area contributed by atoms with Crippen LogP contribution in [0, 0.1) is 6.92 Å². The molecule has 0 aliphatic heterocycles. The maximum Gasteiger partial charge on any atom is 0.233 e. The number of amides is 1. The molecule has 0 aromatic carbocycles. The van der Waals surface area contributed by atoms with Gasteiger partial charge in [-0.2, -0.15) is 0 Å². The van der Waals surface area contributed by atoms with Gasteiger partial charge in [0.25, 0.3) is 0 Å². The fourth-order valence-electron chi connectivity index (χ4n) is 1.80. The third-order valence-electron chi connectivity index (χ3n) is 2.87. The van der Waals surface area contributed by atoms with Crippen LogP contribution in [0.1, 0.15) is 44.0 Å². The van der Waals surface area contributed by atoms with E-state index in [-0.39, 0.29) is 5.91 Å². The van der Waals surface area contributed by atoms with E-state index in [0.29, 0.717) is 13.0 Å². The normalized spacial score (nSPS) is 10.3. The summed E-state index contributed by atoms with van der Waals surface area (Å²) in [5.41, 5.74) is 4.14. The summed E-state index contributed by atoms with van der Waals surface area (Å²) in [6.45, 7) is 4.70. The number of carbonyl (C=O) groups is 1. The molecule has 0 saturated carbocycles. The van der Waals surface area contributed by atoms with E-state index in [1.165, 1.54) is 0 Å². The van der Waals surface area contributed by atoms with Gasteiger partial charge >= 0.3 is 0 Å². The zero-order chi connectivity index (χ0) is 14.1. The summed E-state index contributed by atoms with van der Waals surface area (Å²) in [4.78, 5) is 15.4. The van der Waals surface area contributed by atoms with Gasteiger partial charge in [-0.15, -0.1) is 0 Å². The van der Waals surface area contributed by atoms with Crippen molar-refractivity contribution in [1.82, 2.24) is 10.4 Å². The summed E-state index contributed by atoms with van der Waals surface area (Å²) in [5, 5.41) is 0. The van der Waals surface area contributed by atoms with Crippen LogP contribution in [0.5, 0.6) is 5.75 Å². The van der Waals surface area contributed by atoms with Crippen molar-refractivity contribution in [3.8, 4) is 5.75 Å². The molecule has 1 amide bonds. The maximum atomic E-state index is 10.9. The second-order valence-corrected chi connectivity index (χ2v) is 4.48. The quantitative estimate of drug-likeness (QED) is 0.325. The number of aryl methyl sites for hydroxylation is 2. The molecule has 0 unspecified atom stereocenters. The summed E-state index contributed by atoms with van der Waals surface area (Å²) in [5.74, 6) is 5.76. The van der Waals surface area contributed by atoms with Crippen molar-refractivity contribution in [2.45, 2.75) is 46.0 Å². The number of nitrogens with two attached hydrogens (primary N) is 1. The van der Waals surface area contributed by atoms with Crippen LogP contribution in [-0.2, 0) is 11.2 Å². The van der Waals surface area contributed by atoms with Crippen LogP contribution in [0.2, 0.25) is 0 Å². The lowest BCUT2D eigenvalue weighted by atomic mass is 10.2. The number of hydrogen-bond acceptors (Lipinski definition) is 4. The Morgan fingerprint density at radius 3 is 2.84 bits per heavy atom. The second kappa shape index (κ2) is 8.48. The highest BCUT2D eigenvalue weighted by molar-refractivity contribution is 5.74. The fraction of sp³-hybridized carbons (Fsp3) is 0.571. The molecule has 0 bridgehead atoms. The Labute approximate surface area is 114 Å². The number of rotatable bonds is 8. The standard InChI is InChI=1S/C14H23N3O2/c1-3-12-13(9-8-11(2)16-12)19-10-6-4-5-7-14(18)17-15/h8-9H,3-7,10,15H2,1-2H3,(H,17,18). The van der Waals surface area contributed by atoms with E-state index >= 15 is 0 Å². The van der Waals surface area contributed by atoms with E-state index < -0.39 is 0 Å². The Morgan fingerprint density at radius 2 is 2.16 bits per heavy atom. The molecule has 5 heteroatoms. The van der Waals surface area contributed by atoms with Crippen LogP contribution >= 0.6 is 0 Å². The van der Waals surface area contributed by atoms with Gasteiger partial charge in [-0.25, -0.2) is 5.84 Å². The predicted octanol–water partition coefficient (Wildman–Crippen LogP) is 1.88. The van der Waals surface area contributed by atoms with Gasteiger partial charge in [0.15, 0.2) is 0 Å². The molecule has 0 aliphatic rings. The number of aromatic nitrogens is 1. The van der Waals surface area contributed by atoms with Gasteiger partial charge in [0, 0.05) is 12.1 Å². The highest BCUT2D eigenvalue weighted by Gasteiger charge is 2.04. The van der Waals surface area contributed by atoms with Crippen LogP contribution in [-0.4, -0.2) is 17.5 Å². The highest BCUT2D eigenvalue weighted by atomic mass is 16.5. The molecule has 19 heavy (non-hydrogen) atoms. The Morgan fingerprint density at radius 1 is 1.37 bits per heavy atom. The molecule has 1 rings (SSSR count). The summed E-state index contributed by atoms with van der Waals surface area (Å²) in [6.07, 6.45) is 4.05. The summed E-state index contributed by atoms with van der Waals surface area (Å²) < 4.78 is 5.73. The number of carbonyl (C=O) groups excluding carboxylic acids is 1. The van der Waals surface area contributed by atoms with Gasteiger partial charge in [0.05, 0.1) is 12.3 Å². The highest BCUT2D eigenvalue weighted by Crippen LogP contribution is 2.17. The number of hydrogen-bond donors (Lipinski definition) is 2. The maximum absolute atomic E-state index is 10.9. The largest absolute Gasteiger partial charge is 0.492 e. The van der Waals surface area contributed by atoms with Gasteiger partial charge in [-0.05, 0) is 44.7 Å². The number of nitrogens with one attached hydrogen (secondary N) is 1. The summed E-state index contributed by atoms with van der Waals surface area (Å²) in [7, 11) is 0. The van der Waals surface area contributed by atoms with E-state index in [1.807, 2.05) is 19.1 Å². The van der Waals surface area contributed by atoms with Crippen molar-refractivity contribution in [3.05, 3.63) is 23.5 Å². The van der Waals surface area contributed by atoms with E-state index in [4.69, 9.17) is 10.6 Å². The average molecular weight is 265 g/mol. The van der Waals surface area contributed by atoms with E-state index in [0.717, 1.165) is 42.8 Å². The lowest BCUT2D eigenvalue weighted by Gasteiger charge is -2.10. The molecule has 0 atom stereocenters. The van der Waals surface area contributed by atoms with Crippen molar-refractivity contribution < 1.29 is 9.53 Å². The number of ether oxygens (including phenoxy) is 1. The molecular weight excluding hydrogens is 242 g/mol. The van der Waals surface area contributed by atoms with E-state index in [9.17, 15) is 4.79 Å². The third kappa shape index (κ3) is 5.70. The van der Waals surface area contributed by atoms with Crippen molar-refractivity contribution in [2.24, 2.45) is 5.84 Å². The Balaban J connectivity index is 2.24. The van der Waals surface area contributed by atoms with Crippen molar-refractivity contribution in [2.75, 3.05) is 6.61 Å². The Kier molecular flexibility index (Phi) is 6.89. The molecule has 1 aromatic heterocycles. The molecule has 0 fully saturated rings. The van der Waals surface area contributed by atoms with Crippen LogP contribution in [0.4, 0.5) is 0 Å². The Hall–Kier alpha value is -1.62. The topological polar surface area (TPSA) is 77.2 Å². The van der Waals surface area contributed by atoms with Crippen molar-refractivity contribution in [3.63, 3.8) is 0 Å². The minimum absolute atomic E-state index is 0.114. The first-order valence-electron chi connectivity index (χ1n) is 6.76. The molecular formula is C14H23N3O2. The van der Waals surface area contributed by atoms with E-state index in [2.05, 4.69) is 17.3 Å². The number of unbranched alkanes of at least 4 members (excludes halogenated alkanes) is 2. The molecule has 0 aliphatic carbocycles. The first kappa shape index (κ1) is 15.4. The second-order valence-electron chi connectivity index (χ2n) is 4.48. The monoisotopic (exact) mass is 265 g/mol. The predicted molar refractivity (Wildman–Crippen MR) is 74.6 cm³/mol.